The first-order valence-corrected chi connectivity index (χ1v) is 9.69. The Balaban J connectivity index is 1.65. The lowest BCUT2D eigenvalue weighted by molar-refractivity contribution is 0.0950. The Labute approximate surface area is 180 Å². The molecular weight excluding hydrogens is 402 g/mol. The fraction of sp³-hybridized carbons (Fsp3) is 0.130. The lowest BCUT2D eigenvalue weighted by Gasteiger charge is -2.11. The third kappa shape index (κ3) is 5.17. The Morgan fingerprint density at radius 2 is 1.63 bits per heavy atom. The van der Waals surface area contributed by atoms with Gasteiger partial charge in [-0.3, -0.25) is 9.59 Å². The number of carbonyl (C=O) groups excluding carboxylic acids is 2. The van der Waals surface area contributed by atoms with E-state index in [0.29, 0.717) is 35.7 Å². The van der Waals surface area contributed by atoms with Crippen LogP contribution in [-0.2, 0) is 13.1 Å². The van der Waals surface area contributed by atoms with Gasteiger partial charge in [0.25, 0.3) is 11.8 Å². The number of rotatable bonds is 7. The smallest absolute Gasteiger partial charge is 0.259 e. The number of nitrogens with one attached hydrogen (secondary N) is 2. The summed E-state index contributed by atoms with van der Waals surface area (Å²) >= 11 is 6.28. The van der Waals surface area contributed by atoms with Gasteiger partial charge in [-0.15, -0.1) is 0 Å². The highest BCUT2D eigenvalue weighted by atomic mass is 35.5. The van der Waals surface area contributed by atoms with Gasteiger partial charge in [0, 0.05) is 18.8 Å². The third-order valence-electron chi connectivity index (χ3n) is 4.53. The number of methoxy groups -OCH3 is 1. The van der Waals surface area contributed by atoms with Crippen LogP contribution < -0.4 is 21.1 Å². The molecule has 154 valence electrons. The van der Waals surface area contributed by atoms with Crippen LogP contribution in [0.2, 0.25) is 5.02 Å². The van der Waals surface area contributed by atoms with Crippen molar-refractivity contribution in [2.24, 2.45) is 5.73 Å². The van der Waals surface area contributed by atoms with E-state index in [1.165, 1.54) is 7.11 Å². The van der Waals surface area contributed by atoms with Crippen molar-refractivity contribution in [2.45, 2.75) is 13.1 Å². The van der Waals surface area contributed by atoms with Crippen LogP contribution in [0, 0.1) is 0 Å². The topological polar surface area (TPSA) is 93.4 Å². The van der Waals surface area contributed by atoms with Crippen molar-refractivity contribution in [1.82, 2.24) is 5.32 Å². The summed E-state index contributed by atoms with van der Waals surface area (Å²) in [4.78, 5) is 25.0. The molecule has 4 N–H and O–H groups in total. The van der Waals surface area contributed by atoms with Crippen molar-refractivity contribution >= 4 is 29.1 Å². The molecule has 0 heterocycles. The lowest BCUT2D eigenvalue weighted by atomic mass is 10.1. The van der Waals surface area contributed by atoms with E-state index in [-0.39, 0.29) is 16.8 Å². The first-order valence-electron chi connectivity index (χ1n) is 9.32. The molecule has 0 aromatic heterocycles. The van der Waals surface area contributed by atoms with Gasteiger partial charge >= 0.3 is 0 Å². The summed E-state index contributed by atoms with van der Waals surface area (Å²) in [7, 11) is 1.50. The minimum absolute atomic E-state index is 0.240. The van der Waals surface area contributed by atoms with Gasteiger partial charge in [0.15, 0.2) is 0 Å². The van der Waals surface area contributed by atoms with E-state index < -0.39 is 0 Å². The molecule has 0 bridgehead atoms. The van der Waals surface area contributed by atoms with Gasteiger partial charge in [-0.2, -0.15) is 0 Å². The minimum atomic E-state index is -0.332. The summed E-state index contributed by atoms with van der Waals surface area (Å²) in [5, 5.41) is 5.84. The van der Waals surface area contributed by atoms with E-state index >= 15 is 0 Å². The zero-order valence-corrected chi connectivity index (χ0v) is 17.2. The molecule has 0 spiro atoms. The molecule has 30 heavy (non-hydrogen) atoms. The molecule has 0 unspecified atom stereocenters. The van der Waals surface area contributed by atoms with E-state index in [1.807, 2.05) is 24.3 Å². The molecule has 0 saturated heterocycles. The molecule has 2 amide bonds. The van der Waals surface area contributed by atoms with Crippen LogP contribution in [0.1, 0.15) is 31.8 Å². The minimum Gasteiger partial charge on any atom is -0.496 e. The number of hydrogen-bond acceptors (Lipinski definition) is 4. The van der Waals surface area contributed by atoms with Crippen LogP contribution in [0.3, 0.4) is 0 Å². The number of nitrogens with two attached hydrogens (primary N) is 1. The molecule has 3 rings (SSSR count). The summed E-state index contributed by atoms with van der Waals surface area (Å²) in [6.07, 6.45) is 0. The molecule has 6 nitrogen and oxygen atoms in total. The quantitative estimate of drug-likeness (QED) is 0.535. The number of benzene rings is 3. The van der Waals surface area contributed by atoms with Crippen molar-refractivity contribution in [2.75, 3.05) is 12.4 Å². The average molecular weight is 424 g/mol. The molecule has 0 radical (unpaired) electrons. The van der Waals surface area contributed by atoms with Crippen molar-refractivity contribution in [3.05, 3.63) is 94.0 Å². The predicted molar refractivity (Wildman–Crippen MR) is 118 cm³/mol. The number of anilines is 1. The van der Waals surface area contributed by atoms with Gasteiger partial charge in [-0.05, 0) is 41.5 Å². The highest BCUT2D eigenvalue weighted by Gasteiger charge is 2.14. The molecule has 0 saturated carbocycles. The Kier molecular flexibility index (Phi) is 7.06. The maximum Gasteiger partial charge on any atom is 0.259 e. The van der Waals surface area contributed by atoms with Crippen LogP contribution in [0.15, 0.2) is 66.7 Å². The maximum absolute atomic E-state index is 12.5. The van der Waals surface area contributed by atoms with Crippen LogP contribution in [0.4, 0.5) is 5.69 Å². The Hall–Kier alpha value is -3.35. The summed E-state index contributed by atoms with van der Waals surface area (Å²) in [6.45, 7) is 0.842. The second-order valence-electron chi connectivity index (χ2n) is 6.55. The maximum atomic E-state index is 12.5. The van der Waals surface area contributed by atoms with Gasteiger partial charge in [-0.25, -0.2) is 0 Å². The van der Waals surface area contributed by atoms with Crippen molar-refractivity contribution < 1.29 is 14.3 Å². The zero-order chi connectivity index (χ0) is 21.5. The fourth-order valence-electron chi connectivity index (χ4n) is 2.88. The standard InChI is InChI=1S/C23H22ClN3O3/c1-30-21-5-3-2-4-19(21)23(29)27-17-10-11-18(20(24)12-17)22(28)26-14-16-8-6-15(13-25)7-9-16/h2-12H,13-14,25H2,1H3,(H,26,28)(H,27,29). The van der Waals surface area contributed by atoms with E-state index in [1.54, 1.807) is 42.5 Å². The van der Waals surface area contributed by atoms with E-state index in [0.717, 1.165) is 11.1 Å². The zero-order valence-electron chi connectivity index (χ0n) is 16.4. The highest BCUT2D eigenvalue weighted by molar-refractivity contribution is 6.34. The van der Waals surface area contributed by atoms with Gasteiger partial charge in [0.2, 0.25) is 0 Å². The molecule has 0 aliphatic rings. The number of amides is 2. The van der Waals surface area contributed by atoms with Crippen molar-refractivity contribution in [1.29, 1.82) is 0 Å². The number of ether oxygens (including phenoxy) is 1. The average Bonchev–Trinajstić information content (AvgIpc) is 2.77. The molecule has 7 heteroatoms. The molecule has 0 atom stereocenters. The number of hydrogen-bond donors (Lipinski definition) is 3. The summed E-state index contributed by atoms with van der Waals surface area (Å²) < 4.78 is 5.21. The third-order valence-corrected chi connectivity index (χ3v) is 4.85. The van der Waals surface area contributed by atoms with Gasteiger partial charge in [-0.1, -0.05) is 48.0 Å². The molecule has 0 fully saturated rings. The summed E-state index contributed by atoms with van der Waals surface area (Å²) in [5.74, 6) is -0.163. The lowest BCUT2D eigenvalue weighted by Crippen LogP contribution is -2.23. The summed E-state index contributed by atoms with van der Waals surface area (Å²) in [6, 6.07) is 19.3. The van der Waals surface area contributed by atoms with Crippen LogP contribution in [0.5, 0.6) is 5.75 Å². The van der Waals surface area contributed by atoms with Crippen LogP contribution >= 0.6 is 11.6 Å². The normalized spacial score (nSPS) is 10.4. The Bertz CT molecular complexity index is 1050. The first kappa shape index (κ1) is 21.4. The van der Waals surface area contributed by atoms with Gasteiger partial charge < -0.3 is 21.1 Å². The second-order valence-corrected chi connectivity index (χ2v) is 6.96. The largest absolute Gasteiger partial charge is 0.496 e. The number of carbonyl (C=O) groups is 2. The van der Waals surface area contributed by atoms with Gasteiger partial charge in [0.1, 0.15) is 5.75 Å². The number of para-hydroxylation sites is 1. The van der Waals surface area contributed by atoms with Crippen molar-refractivity contribution in [3.8, 4) is 5.75 Å². The van der Waals surface area contributed by atoms with E-state index in [2.05, 4.69) is 10.6 Å². The highest BCUT2D eigenvalue weighted by Crippen LogP contribution is 2.23. The molecule has 3 aromatic carbocycles. The fourth-order valence-corrected chi connectivity index (χ4v) is 3.14. The molecule has 0 aliphatic heterocycles. The SMILES string of the molecule is COc1ccccc1C(=O)Nc1ccc(C(=O)NCc2ccc(CN)cc2)c(Cl)c1. The second kappa shape index (κ2) is 9.91. The van der Waals surface area contributed by atoms with Crippen molar-refractivity contribution in [3.63, 3.8) is 0 Å². The molecule has 0 aliphatic carbocycles. The van der Waals surface area contributed by atoms with Gasteiger partial charge in [0.05, 0.1) is 23.3 Å². The van der Waals surface area contributed by atoms with E-state index in [4.69, 9.17) is 22.1 Å². The molecular formula is C23H22ClN3O3. The molecule has 3 aromatic rings. The van der Waals surface area contributed by atoms with Crippen LogP contribution in [0.25, 0.3) is 0 Å². The van der Waals surface area contributed by atoms with E-state index in [9.17, 15) is 9.59 Å². The monoisotopic (exact) mass is 423 g/mol. The Morgan fingerprint density at radius 3 is 2.30 bits per heavy atom. The predicted octanol–water partition coefficient (Wildman–Crippen LogP) is 3.99. The Morgan fingerprint density at radius 1 is 0.933 bits per heavy atom. The summed E-state index contributed by atoms with van der Waals surface area (Å²) in [5.41, 5.74) is 8.77. The number of halogens is 1. The van der Waals surface area contributed by atoms with Crippen LogP contribution in [-0.4, -0.2) is 18.9 Å². The first-order chi connectivity index (χ1) is 14.5.